The number of benzene rings is 3. The van der Waals surface area contributed by atoms with Crippen LogP contribution in [0, 0.1) is 0 Å². The molecule has 6 heteroatoms. The molecular formula is C21H16N6. The number of hydrogen-bond acceptors (Lipinski definition) is 5. The van der Waals surface area contributed by atoms with Crippen molar-refractivity contribution < 1.29 is 0 Å². The Labute approximate surface area is 155 Å². The zero-order chi connectivity index (χ0) is 18.2. The number of anilines is 3. The summed E-state index contributed by atoms with van der Waals surface area (Å²) in [5.74, 6) is 1.38. The summed E-state index contributed by atoms with van der Waals surface area (Å²) in [5, 5.41) is 12.5. The quantitative estimate of drug-likeness (QED) is 0.416. The third kappa shape index (κ3) is 2.83. The van der Waals surface area contributed by atoms with Crippen LogP contribution in [-0.2, 0) is 0 Å². The van der Waals surface area contributed by atoms with Gasteiger partial charge in [0.25, 0.3) is 0 Å². The molecule has 0 fully saturated rings. The van der Waals surface area contributed by atoms with E-state index >= 15 is 0 Å². The molecule has 0 aliphatic carbocycles. The minimum Gasteiger partial charge on any atom is -0.399 e. The minimum absolute atomic E-state index is 0.632. The maximum atomic E-state index is 5.93. The lowest BCUT2D eigenvalue weighted by Gasteiger charge is -2.11. The van der Waals surface area contributed by atoms with Crippen LogP contribution >= 0.6 is 0 Å². The Morgan fingerprint density at radius 1 is 0.889 bits per heavy atom. The SMILES string of the molecule is Nc1cccc(-c2nc(Nc3ccc4[nH]ncc4c3)c3ccccc3n2)c1. The molecule has 2 aromatic heterocycles. The molecular weight excluding hydrogens is 336 g/mol. The van der Waals surface area contributed by atoms with Crippen molar-refractivity contribution in [3.63, 3.8) is 0 Å². The van der Waals surface area contributed by atoms with E-state index in [1.54, 1.807) is 6.20 Å². The fourth-order valence-corrected chi connectivity index (χ4v) is 3.14. The predicted octanol–water partition coefficient (Wildman–Crippen LogP) is 4.50. The first-order valence-electron chi connectivity index (χ1n) is 8.59. The van der Waals surface area contributed by atoms with Gasteiger partial charge in [0.05, 0.1) is 17.2 Å². The molecule has 27 heavy (non-hydrogen) atoms. The van der Waals surface area contributed by atoms with Gasteiger partial charge in [0.1, 0.15) is 5.82 Å². The molecule has 0 unspecified atom stereocenters. The number of fused-ring (bicyclic) bond motifs is 2. The van der Waals surface area contributed by atoms with E-state index in [1.807, 2.05) is 66.7 Å². The zero-order valence-electron chi connectivity index (χ0n) is 14.3. The van der Waals surface area contributed by atoms with E-state index in [2.05, 4.69) is 15.5 Å². The maximum absolute atomic E-state index is 5.93. The Kier molecular flexibility index (Phi) is 3.47. The largest absolute Gasteiger partial charge is 0.399 e. The molecule has 0 aliphatic rings. The summed E-state index contributed by atoms with van der Waals surface area (Å²) >= 11 is 0. The van der Waals surface area contributed by atoms with Gasteiger partial charge in [-0.3, -0.25) is 5.10 Å². The Morgan fingerprint density at radius 2 is 1.81 bits per heavy atom. The van der Waals surface area contributed by atoms with Gasteiger partial charge in [0.2, 0.25) is 0 Å². The number of H-pyrrole nitrogens is 1. The predicted molar refractivity (Wildman–Crippen MR) is 109 cm³/mol. The number of para-hydroxylation sites is 1. The average Bonchev–Trinajstić information content (AvgIpc) is 3.16. The summed E-state index contributed by atoms with van der Waals surface area (Å²) in [4.78, 5) is 9.48. The van der Waals surface area contributed by atoms with E-state index in [-0.39, 0.29) is 0 Å². The van der Waals surface area contributed by atoms with Crippen molar-refractivity contribution in [1.29, 1.82) is 0 Å². The molecule has 0 spiro atoms. The van der Waals surface area contributed by atoms with E-state index in [1.165, 1.54) is 0 Å². The molecule has 4 N–H and O–H groups in total. The molecule has 0 atom stereocenters. The molecule has 3 aromatic carbocycles. The fourth-order valence-electron chi connectivity index (χ4n) is 3.14. The number of aromatic amines is 1. The van der Waals surface area contributed by atoms with Crippen molar-refractivity contribution in [2.75, 3.05) is 11.1 Å². The van der Waals surface area contributed by atoms with Crippen LogP contribution in [0.15, 0.2) is 72.9 Å². The molecule has 5 aromatic rings. The molecule has 0 saturated heterocycles. The summed E-state index contributed by atoms with van der Waals surface area (Å²) in [6.45, 7) is 0. The van der Waals surface area contributed by atoms with Gasteiger partial charge in [-0.15, -0.1) is 0 Å². The average molecular weight is 352 g/mol. The van der Waals surface area contributed by atoms with Crippen LogP contribution < -0.4 is 11.1 Å². The Bertz CT molecular complexity index is 1270. The Hall–Kier alpha value is -3.93. The van der Waals surface area contributed by atoms with Crippen molar-refractivity contribution in [2.24, 2.45) is 0 Å². The second-order valence-electron chi connectivity index (χ2n) is 6.34. The van der Waals surface area contributed by atoms with Crippen LogP contribution in [0.3, 0.4) is 0 Å². The molecule has 0 bridgehead atoms. The molecule has 6 nitrogen and oxygen atoms in total. The Morgan fingerprint density at radius 3 is 2.74 bits per heavy atom. The van der Waals surface area contributed by atoms with Gasteiger partial charge in [0.15, 0.2) is 5.82 Å². The molecule has 0 amide bonds. The van der Waals surface area contributed by atoms with E-state index in [0.717, 1.165) is 38.9 Å². The first-order valence-corrected chi connectivity index (χ1v) is 8.59. The normalized spacial score (nSPS) is 11.1. The summed E-state index contributed by atoms with van der Waals surface area (Å²) in [7, 11) is 0. The van der Waals surface area contributed by atoms with Gasteiger partial charge in [-0.25, -0.2) is 9.97 Å². The number of nitrogen functional groups attached to an aromatic ring is 1. The highest BCUT2D eigenvalue weighted by atomic mass is 15.1. The highest BCUT2D eigenvalue weighted by Gasteiger charge is 2.10. The van der Waals surface area contributed by atoms with Gasteiger partial charge in [-0.1, -0.05) is 24.3 Å². The monoisotopic (exact) mass is 352 g/mol. The number of nitrogens with two attached hydrogens (primary N) is 1. The van der Waals surface area contributed by atoms with Gasteiger partial charge in [0, 0.05) is 27.7 Å². The molecule has 0 aliphatic heterocycles. The highest BCUT2D eigenvalue weighted by Crippen LogP contribution is 2.28. The van der Waals surface area contributed by atoms with Crippen LogP contribution in [0.5, 0.6) is 0 Å². The fraction of sp³-hybridized carbons (Fsp3) is 0. The van der Waals surface area contributed by atoms with Gasteiger partial charge in [-0.2, -0.15) is 5.10 Å². The van der Waals surface area contributed by atoms with Gasteiger partial charge in [-0.05, 0) is 42.5 Å². The summed E-state index contributed by atoms with van der Waals surface area (Å²) in [6, 6.07) is 21.6. The van der Waals surface area contributed by atoms with Crippen molar-refractivity contribution >= 4 is 39.0 Å². The summed E-state index contributed by atoms with van der Waals surface area (Å²) in [6.07, 6.45) is 1.80. The van der Waals surface area contributed by atoms with E-state index < -0.39 is 0 Å². The van der Waals surface area contributed by atoms with Crippen LogP contribution in [0.1, 0.15) is 0 Å². The molecule has 0 radical (unpaired) electrons. The lowest BCUT2D eigenvalue weighted by molar-refractivity contribution is 1.12. The van der Waals surface area contributed by atoms with E-state index in [4.69, 9.17) is 15.7 Å². The first-order chi connectivity index (χ1) is 13.3. The third-order valence-electron chi connectivity index (χ3n) is 4.45. The van der Waals surface area contributed by atoms with Crippen LogP contribution in [0.2, 0.25) is 0 Å². The number of nitrogens with one attached hydrogen (secondary N) is 2. The number of rotatable bonds is 3. The van der Waals surface area contributed by atoms with Gasteiger partial charge < -0.3 is 11.1 Å². The van der Waals surface area contributed by atoms with E-state index in [0.29, 0.717) is 11.5 Å². The highest BCUT2D eigenvalue weighted by molar-refractivity contribution is 5.93. The van der Waals surface area contributed by atoms with Crippen LogP contribution in [-0.4, -0.2) is 20.2 Å². The second-order valence-corrected chi connectivity index (χ2v) is 6.34. The second kappa shape index (κ2) is 6.10. The molecule has 5 rings (SSSR count). The summed E-state index contributed by atoms with van der Waals surface area (Å²) < 4.78 is 0. The number of hydrogen-bond donors (Lipinski definition) is 3. The standard InChI is InChI=1S/C21H16N6/c22-15-5-3-4-13(10-15)20-25-19-7-2-1-6-17(19)21(26-20)24-16-8-9-18-14(11-16)12-23-27-18/h1-12H,22H2,(H,23,27)(H,24,25,26). The van der Waals surface area contributed by atoms with Crippen LogP contribution in [0.25, 0.3) is 33.2 Å². The summed E-state index contributed by atoms with van der Waals surface area (Å²) in [5.41, 5.74) is 10.3. The molecule has 2 heterocycles. The van der Waals surface area contributed by atoms with Crippen molar-refractivity contribution in [2.45, 2.75) is 0 Å². The lowest BCUT2D eigenvalue weighted by Crippen LogP contribution is -1.99. The lowest BCUT2D eigenvalue weighted by atomic mass is 10.1. The minimum atomic E-state index is 0.632. The van der Waals surface area contributed by atoms with Crippen molar-refractivity contribution in [1.82, 2.24) is 20.2 Å². The Balaban J connectivity index is 1.65. The van der Waals surface area contributed by atoms with Crippen molar-refractivity contribution in [3.8, 4) is 11.4 Å². The van der Waals surface area contributed by atoms with Crippen molar-refractivity contribution in [3.05, 3.63) is 72.9 Å². The zero-order valence-corrected chi connectivity index (χ0v) is 14.3. The van der Waals surface area contributed by atoms with E-state index in [9.17, 15) is 0 Å². The van der Waals surface area contributed by atoms with Crippen LogP contribution in [0.4, 0.5) is 17.2 Å². The molecule has 0 saturated carbocycles. The number of nitrogens with zero attached hydrogens (tertiary/aromatic N) is 3. The first kappa shape index (κ1) is 15.3. The maximum Gasteiger partial charge on any atom is 0.162 e. The molecule has 130 valence electrons. The smallest absolute Gasteiger partial charge is 0.162 e. The van der Waals surface area contributed by atoms with Gasteiger partial charge >= 0.3 is 0 Å². The topological polar surface area (TPSA) is 92.5 Å². The third-order valence-corrected chi connectivity index (χ3v) is 4.45. The number of aromatic nitrogens is 4.